The molecule has 0 spiro atoms. The van der Waals surface area contributed by atoms with E-state index < -0.39 is 0 Å². The van der Waals surface area contributed by atoms with Gasteiger partial charge in [0.2, 0.25) is 0 Å². The Morgan fingerprint density at radius 2 is 0.704 bits per heavy atom. The normalized spacial score (nSPS) is 42.2. The standard InChI is InChI=1S/3C14H27N.C13H25N.C11H21N/c2*1-12(2,3)11-10-8-14(10,7)9-15(11)13(4,5)6;1-12(2,3)10-8-14(7)9-11(14)15(10)13(4,5)6;1-12(2,3)11-10-7-9(10)8-14(11)13(4,5)6;1-8-6-11(5)7-9(11)12(8)10(2,3)4/h3*10-11H,8-9H2,1-7H3;9-11H,7-8H2,1-6H3;8-9H,6-7H2,1-5H3/t10-,11?,14+;;;9-,10-,11?;8-,9-,11+/m0..11/s1. The topological polar surface area (TPSA) is 16.2 Å². The van der Waals surface area contributed by atoms with Gasteiger partial charge in [-0.2, -0.15) is 0 Å². The monoisotopic (exact) mass is 990 g/mol. The summed E-state index contributed by atoms with van der Waals surface area (Å²) in [5.41, 5.74) is 6.04. The first-order valence-electron chi connectivity index (χ1n) is 30.1. The maximum absolute atomic E-state index is 2.80. The highest BCUT2D eigenvalue weighted by molar-refractivity contribution is 5.21. The summed E-state index contributed by atoms with van der Waals surface area (Å²) in [5, 5.41) is 0. The maximum Gasteiger partial charge on any atom is 0.0183 e. The molecule has 5 aliphatic heterocycles. The molecule has 5 aliphatic carbocycles. The van der Waals surface area contributed by atoms with Crippen molar-refractivity contribution in [2.24, 2.45) is 67.0 Å². The second-order valence-corrected chi connectivity index (χ2v) is 37.5. The minimum atomic E-state index is 0.328. The van der Waals surface area contributed by atoms with Crippen molar-refractivity contribution in [1.82, 2.24) is 24.5 Å². The van der Waals surface area contributed by atoms with E-state index in [-0.39, 0.29) is 0 Å². The summed E-state index contributed by atoms with van der Waals surface area (Å²) in [6.45, 7) is 80.4. The zero-order valence-electron chi connectivity index (χ0n) is 54.2. The third kappa shape index (κ3) is 12.6. The van der Waals surface area contributed by atoms with Crippen molar-refractivity contribution in [2.75, 3.05) is 19.6 Å². The number of rotatable bonds is 0. The Balaban J connectivity index is 0.000000146. The zero-order chi connectivity index (χ0) is 54.8. The molecule has 0 bridgehead atoms. The van der Waals surface area contributed by atoms with Crippen LogP contribution >= 0.6 is 0 Å². The smallest absolute Gasteiger partial charge is 0.0183 e. The van der Waals surface area contributed by atoms with Crippen LogP contribution in [0, 0.1) is 67.0 Å². The summed E-state index contributed by atoms with van der Waals surface area (Å²) in [6.07, 6.45) is 10.1. The van der Waals surface area contributed by atoms with Crippen LogP contribution in [0.15, 0.2) is 0 Å². The van der Waals surface area contributed by atoms with Gasteiger partial charge >= 0.3 is 0 Å². The molecule has 0 amide bonds. The highest BCUT2D eigenvalue weighted by atomic mass is 15.3. The van der Waals surface area contributed by atoms with Crippen LogP contribution in [0.2, 0.25) is 0 Å². The average molecular weight is 991 g/mol. The average Bonchev–Trinajstić information content (AvgIpc) is 4.11. The minimum Gasteiger partial charge on any atom is -0.294 e. The lowest BCUT2D eigenvalue weighted by Crippen LogP contribution is -2.51. The van der Waals surface area contributed by atoms with E-state index in [2.05, 4.69) is 246 Å². The van der Waals surface area contributed by atoms with Gasteiger partial charge in [-0.1, -0.05) is 111 Å². The Kier molecular flexibility index (Phi) is 15.1. The molecule has 8 unspecified atom stereocenters. The Morgan fingerprint density at radius 1 is 0.352 bits per heavy atom. The number of hydrogen-bond acceptors (Lipinski definition) is 5. The van der Waals surface area contributed by atoms with Gasteiger partial charge in [0.15, 0.2) is 0 Å². The van der Waals surface area contributed by atoms with Gasteiger partial charge in [-0.15, -0.1) is 0 Å². The number of piperidine rings is 5. The molecule has 15 atom stereocenters. The molecule has 5 nitrogen and oxygen atoms in total. The fourth-order valence-corrected chi connectivity index (χ4v) is 17.1. The molecule has 5 saturated heterocycles. The molecule has 0 radical (unpaired) electrons. The largest absolute Gasteiger partial charge is 0.294 e. The maximum atomic E-state index is 2.80. The molecule has 5 heteroatoms. The van der Waals surface area contributed by atoms with Crippen LogP contribution in [0.5, 0.6) is 0 Å². The van der Waals surface area contributed by atoms with Crippen molar-refractivity contribution in [3.63, 3.8) is 0 Å². The zero-order valence-corrected chi connectivity index (χ0v) is 54.2. The summed E-state index contributed by atoms with van der Waals surface area (Å²) < 4.78 is 0. The molecule has 416 valence electrons. The van der Waals surface area contributed by atoms with Crippen molar-refractivity contribution >= 4 is 0 Å². The highest BCUT2D eigenvalue weighted by Crippen LogP contribution is 2.67. The molecule has 5 heterocycles. The molecule has 10 aliphatic rings. The molecule has 0 aromatic carbocycles. The molecular formula is C66H127N5. The lowest BCUT2D eigenvalue weighted by atomic mass is 9.81. The lowest BCUT2D eigenvalue weighted by Gasteiger charge is -2.45. The Hall–Kier alpha value is -0.200. The summed E-state index contributed by atoms with van der Waals surface area (Å²) in [4.78, 5) is 13.8. The SMILES string of the molecule is CC(C)(C)C1C2CC2(C)CN1C(C)(C)C.CC(C)(C)C1CC2(C)CC2N1C(C)(C)C.CC(C)(C)C1[C@@H]2C[C@@H]2CN1C(C)(C)C.CC(C)(C)C1[C@@H]2C[C@]2(C)CN1C(C)(C)C.C[C@@H]1C[C@@]2(C)C[C@H]2N1C(C)(C)C. The van der Waals surface area contributed by atoms with Gasteiger partial charge in [0.1, 0.15) is 0 Å². The molecule has 71 heavy (non-hydrogen) atoms. The molecule has 10 fully saturated rings. The van der Waals surface area contributed by atoms with E-state index in [1.165, 1.54) is 64.6 Å². The third-order valence-corrected chi connectivity index (χ3v) is 20.8. The van der Waals surface area contributed by atoms with Gasteiger partial charge in [-0.05, 0) is 223 Å². The molecule has 5 saturated carbocycles. The van der Waals surface area contributed by atoms with E-state index in [1.807, 2.05) is 0 Å². The predicted octanol–water partition coefficient (Wildman–Crippen LogP) is 16.6. The van der Waals surface area contributed by atoms with Crippen LogP contribution in [-0.4, -0.2) is 114 Å². The van der Waals surface area contributed by atoms with Gasteiger partial charge < -0.3 is 0 Å². The van der Waals surface area contributed by atoms with E-state index in [0.717, 1.165) is 66.0 Å². The van der Waals surface area contributed by atoms with Crippen LogP contribution < -0.4 is 0 Å². The number of hydrogen-bond donors (Lipinski definition) is 0. The van der Waals surface area contributed by atoms with Crippen LogP contribution in [0.25, 0.3) is 0 Å². The molecule has 0 aromatic rings. The van der Waals surface area contributed by atoms with Crippen LogP contribution in [0.4, 0.5) is 0 Å². The van der Waals surface area contributed by atoms with Gasteiger partial charge in [0, 0.05) is 89.6 Å². The lowest BCUT2D eigenvalue weighted by molar-refractivity contribution is 0.0354. The van der Waals surface area contributed by atoms with Gasteiger partial charge in [0.05, 0.1) is 0 Å². The van der Waals surface area contributed by atoms with Crippen molar-refractivity contribution in [3.05, 3.63) is 0 Å². The quantitative estimate of drug-likeness (QED) is 0.240. The van der Waals surface area contributed by atoms with E-state index in [9.17, 15) is 0 Å². The predicted molar refractivity (Wildman–Crippen MR) is 311 cm³/mol. The van der Waals surface area contributed by atoms with Crippen molar-refractivity contribution in [1.29, 1.82) is 0 Å². The summed E-state index contributed by atoms with van der Waals surface area (Å²) >= 11 is 0. The molecule has 0 N–H and O–H groups in total. The molecular weight excluding hydrogens is 863 g/mol. The fraction of sp³-hybridized carbons (Fsp3) is 1.00. The Labute approximate surface area is 445 Å². The second kappa shape index (κ2) is 17.9. The first-order chi connectivity index (χ1) is 31.2. The Bertz CT molecular complexity index is 1730. The van der Waals surface area contributed by atoms with E-state index in [0.29, 0.717) is 71.0 Å². The summed E-state index contributed by atoms with van der Waals surface area (Å²) in [6, 6.07) is 5.70. The first kappa shape index (κ1) is 60.0. The van der Waals surface area contributed by atoms with Gasteiger partial charge in [-0.25, -0.2) is 0 Å². The number of nitrogens with zero attached hydrogens (tertiary/aromatic N) is 5. The first-order valence-corrected chi connectivity index (χ1v) is 30.1. The summed E-state index contributed by atoms with van der Waals surface area (Å²) in [7, 11) is 0. The second-order valence-electron chi connectivity index (χ2n) is 37.5. The summed E-state index contributed by atoms with van der Waals surface area (Å²) in [5.74, 6) is 3.95. The van der Waals surface area contributed by atoms with Crippen molar-refractivity contribution in [3.8, 4) is 0 Å². The number of fused-ring (bicyclic) bond motifs is 5. The molecule has 10 rings (SSSR count). The van der Waals surface area contributed by atoms with E-state index >= 15 is 0 Å². The minimum absolute atomic E-state index is 0.328. The van der Waals surface area contributed by atoms with Gasteiger partial charge in [0.25, 0.3) is 0 Å². The van der Waals surface area contributed by atoms with Crippen molar-refractivity contribution < 1.29 is 0 Å². The highest BCUT2D eigenvalue weighted by Gasteiger charge is 2.68. The molecule has 0 aromatic heterocycles. The van der Waals surface area contributed by atoms with E-state index in [1.54, 1.807) is 0 Å². The number of likely N-dealkylation sites (tertiary alicyclic amines) is 5. The van der Waals surface area contributed by atoms with Gasteiger partial charge in [-0.3, -0.25) is 24.5 Å². The van der Waals surface area contributed by atoms with E-state index in [4.69, 9.17) is 0 Å². The third-order valence-electron chi connectivity index (χ3n) is 20.8. The van der Waals surface area contributed by atoms with Crippen LogP contribution in [0.3, 0.4) is 0 Å². The Morgan fingerprint density at radius 3 is 0.944 bits per heavy atom. The van der Waals surface area contributed by atoms with Crippen LogP contribution in [0.1, 0.15) is 267 Å². The fourth-order valence-electron chi connectivity index (χ4n) is 17.1. The van der Waals surface area contributed by atoms with Crippen LogP contribution in [-0.2, 0) is 0 Å². The van der Waals surface area contributed by atoms with Crippen molar-refractivity contribution in [2.45, 2.75) is 336 Å².